The molecule has 1 aromatic rings. The third kappa shape index (κ3) is 4.65. The molecule has 0 unspecified atom stereocenters. The molecule has 0 aliphatic carbocycles. The number of ether oxygens (including phenoxy) is 1. The smallest absolute Gasteiger partial charge is 0.341 e. The number of hydrogen-bond donors (Lipinski definition) is 1. The molecule has 6 nitrogen and oxygen atoms in total. The Morgan fingerprint density at radius 1 is 1.43 bits per heavy atom. The van der Waals surface area contributed by atoms with E-state index in [1.165, 1.54) is 13.0 Å². The highest BCUT2D eigenvalue weighted by Crippen LogP contribution is 2.17. The molecule has 23 heavy (non-hydrogen) atoms. The topological polar surface area (TPSA) is 89.5 Å². The Bertz CT molecular complexity index is 737. The summed E-state index contributed by atoms with van der Waals surface area (Å²) in [6.07, 6.45) is -0.873. The summed E-state index contributed by atoms with van der Waals surface area (Å²) in [5.41, 5.74) is -0.374. The van der Waals surface area contributed by atoms with Crippen LogP contribution in [0.4, 0.5) is 4.39 Å². The minimum atomic E-state index is -3.13. The Balaban J connectivity index is 1.95. The van der Waals surface area contributed by atoms with E-state index >= 15 is 0 Å². The number of amides is 1. The van der Waals surface area contributed by atoms with Crippen LogP contribution in [0.25, 0.3) is 0 Å². The van der Waals surface area contributed by atoms with Gasteiger partial charge in [0.25, 0.3) is 5.91 Å². The van der Waals surface area contributed by atoms with Crippen molar-refractivity contribution in [2.24, 2.45) is 0 Å². The summed E-state index contributed by atoms with van der Waals surface area (Å²) in [6.45, 7) is 1.32. The highest BCUT2D eigenvalue weighted by Gasteiger charge is 2.31. The molecule has 0 bridgehead atoms. The van der Waals surface area contributed by atoms with Gasteiger partial charge in [0, 0.05) is 11.1 Å². The van der Waals surface area contributed by atoms with E-state index in [2.05, 4.69) is 5.32 Å². The summed E-state index contributed by atoms with van der Waals surface area (Å²) in [5, 5.41) is 2.66. The van der Waals surface area contributed by atoms with Gasteiger partial charge in [0.15, 0.2) is 15.9 Å². The molecule has 0 saturated carbocycles. The van der Waals surface area contributed by atoms with Gasteiger partial charge >= 0.3 is 5.97 Å². The summed E-state index contributed by atoms with van der Waals surface area (Å²) < 4.78 is 41.1. The van der Waals surface area contributed by atoms with Crippen molar-refractivity contribution in [1.82, 2.24) is 5.32 Å². The fraction of sp³-hybridized carbons (Fsp3) is 0.429. The lowest BCUT2D eigenvalue weighted by Gasteiger charge is -2.16. The van der Waals surface area contributed by atoms with E-state index in [-0.39, 0.29) is 22.1 Å². The van der Waals surface area contributed by atoms with Gasteiger partial charge in [-0.3, -0.25) is 4.79 Å². The molecule has 1 heterocycles. The van der Waals surface area contributed by atoms with Crippen LogP contribution >= 0.6 is 11.6 Å². The van der Waals surface area contributed by atoms with Gasteiger partial charge < -0.3 is 10.1 Å². The largest absolute Gasteiger partial charge is 0.449 e. The maximum atomic E-state index is 13.6. The number of sulfone groups is 1. The van der Waals surface area contributed by atoms with Gasteiger partial charge in [-0.05, 0) is 31.5 Å². The monoisotopic (exact) mass is 363 g/mol. The predicted octanol–water partition coefficient (Wildman–Crippen LogP) is 1.33. The fourth-order valence-electron chi connectivity index (χ4n) is 2.16. The molecule has 0 aromatic heterocycles. The third-order valence-electron chi connectivity index (χ3n) is 3.38. The van der Waals surface area contributed by atoms with Crippen LogP contribution in [0.5, 0.6) is 0 Å². The maximum Gasteiger partial charge on any atom is 0.341 e. The van der Waals surface area contributed by atoms with Crippen molar-refractivity contribution in [3.63, 3.8) is 0 Å². The Morgan fingerprint density at radius 2 is 2.13 bits per heavy atom. The van der Waals surface area contributed by atoms with E-state index in [1.807, 2.05) is 0 Å². The summed E-state index contributed by atoms with van der Waals surface area (Å²) in [5.74, 6) is -2.59. The summed E-state index contributed by atoms with van der Waals surface area (Å²) >= 11 is 5.69. The lowest BCUT2D eigenvalue weighted by molar-refractivity contribution is -0.129. The summed E-state index contributed by atoms with van der Waals surface area (Å²) in [4.78, 5) is 23.8. The van der Waals surface area contributed by atoms with Crippen molar-refractivity contribution < 1.29 is 27.1 Å². The molecule has 1 saturated heterocycles. The van der Waals surface area contributed by atoms with Crippen LogP contribution in [0, 0.1) is 5.82 Å². The number of esters is 1. The van der Waals surface area contributed by atoms with Gasteiger partial charge in [0.05, 0.1) is 17.1 Å². The van der Waals surface area contributed by atoms with Crippen molar-refractivity contribution in [3.05, 3.63) is 34.6 Å². The quantitative estimate of drug-likeness (QED) is 0.815. The van der Waals surface area contributed by atoms with Gasteiger partial charge in [-0.1, -0.05) is 11.6 Å². The first-order chi connectivity index (χ1) is 10.7. The SMILES string of the molecule is C[C@H](OC(=O)c1cc(Cl)ccc1F)C(=O)N[C@@H]1CCS(=O)(=O)C1. The number of benzene rings is 1. The molecule has 2 rings (SSSR count). The van der Waals surface area contributed by atoms with Crippen molar-refractivity contribution >= 4 is 33.3 Å². The van der Waals surface area contributed by atoms with Gasteiger partial charge in [-0.15, -0.1) is 0 Å². The second-order valence-electron chi connectivity index (χ2n) is 5.28. The third-order valence-corrected chi connectivity index (χ3v) is 5.38. The predicted molar refractivity (Wildman–Crippen MR) is 81.5 cm³/mol. The van der Waals surface area contributed by atoms with E-state index < -0.39 is 39.7 Å². The van der Waals surface area contributed by atoms with E-state index in [0.29, 0.717) is 6.42 Å². The zero-order valence-corrected chi connectivity index (χ0v) is 13.8. The lowest BCUT2D eigenvalue weighted by Crippen LogP contribution is -2.42. The molecule has 126 valence electrons. The molecule has 0 radical (unpaired) electrons. The van der Waals surface area contributed by atoms with Crippen LogP contribution in [0.1, 0.15) is 23.7 Å². The lowest BCUT2D eigenvalue weighted by atomic mass is 10.2. The number of halogens is 2. The van der Waals surface area contributed by atoms with E-state index in [1.54, 1.807) is 0 Å². The molecule has 1 amide bonds. The highest BCUT2D eigenvalue weighted by molar-refractivity contribution is 7.91. The molecule has 9 heteroatoms. The van der Waals surface area contributed by atoms with Crippen LogP contribution in [0.15, 0.2) is 18.2 Å². The van der Waals surface area contributed by atoms with Crippen LogP contribution < -0.4 is 5.32 Å². The van der Waals surface area contributed by atoms with E-state index in [9.17, 15) is 22.4 Å². The zero-order chi connectivity index (χ0) is 17.2. The highest BCUT2D eigenvalue weighted by atomic mass is 35.5. The van der Waals surface area contributed by atoms with Crippen LogP contribution in [-0.4, -0.2) is 43.9 Å². The minimum Gasteiger partial charge on any atom is -0.449 e. The van der Waals surface area contributed by atoms with Crippen LogP contribution in [0.3, 0.4) is 0 Å². The van der Waals surface area contributed by atoms with Crippen molar-refractivity contribution in [2.75, 3.05) is 11.5 Å². The molecule has 2 atom stereocenters. The van der Waals surface area contributed by atoms with Crippen molar-refractivity contribution in [1.29, 1.82) is 0 Å². The zero-order valence-electron chi connectivity index (χ0n) is 12.2. The Kier molecular flexibility index (Phi) is 5.26. The molecule has 1 aliphatic heterocycles. The van der Waals surface area contributed by atoms with E-state index in [0.717, 1.165) is 12.1 Å². The Labute approximate surface area is 137 Å². The number of carbonyl (C=O) groups excluding carboxylic acids is 2. The molecular weight excluding hydrogens is 349 g/mol. The average molecular weight is 364 g/mol. The number of nitrogens with one attached hydrogen (secondary N) is 1. The maximum absolute atomic E-state index is 13.6. The second kappa shape index (κ2) is 6.84. The van der Waals surface area contributed by atoms with Crippen LogP contribution in [-0.2, 0) is 19.4 Å². The molecule has 0 spiro atoms. The summed E-state index contributed by atoms with van der Waals surface area (Å²) in [6, 6.07) is 2.90. The molecule has 1 fully saturated rings. The number of rotatable bonds is 4. The molecular formula is C14H15ClFNO5S. The Morgan fingerprint density at radius 3 is 2.74 bits per heavy atom. The summed E-state index contributed by atoms with van der Waals surface area (Å²) in [7, 11) is -3.13. The fourth-order valence-corrected chi connectivity index (χ4v) is 4.00. The first-order valence-electron chi connectivity index (χ1n) is 6.85. The number of hydrogen-bond acceptors (Lipinski definition) is 5. The molecule has 1 aromatic carbocycles. The van der Waals surface area contributed by atoms with Gasteiger partial charge in [-0.25, -0.2) is 17.6 Å². The van der Waals surface area contributed by atoms with Gasteiger partial charge in [0.2, 0.25) is 0 Å². The number of carbonyl (C=O) groups is 2. The van der Waals surface area contributed by atoms with Gasteiger partial charge in [0.1, 0.15) is 5.82 Å². The van der Waals surface area contributed by atoms with Crippen LogP contribution in [0.2, 0.25) is 5.02 Å². The standard InChI is InChI=1S/C14H15ClFNO5S/c1-8(13(18)17-10-4-5-23(20,21)7-10)22-14(19)11-6-9(15)2-3-12(11)16/h2-3,6,8,10H,4-5,7H2,1H3,(H,17,18)/t8-,10+/m0/s1. The van der Waals surface area contributed by atoms with Gasteiger partial charge in [-0.2, -0.15) is 0 Å². The molecule has 1 N–H and O–H groups in total. The minimum absolute atomic E-state index is 0.0137. The van der Waals surface area contributed by atoms with Crippen molar-refractivity contribution in [2.45, 2.75) is 25.5 Å². The first kappa shape index (κ1) is 17.7. The van der Waals surface area contributed by atoms with E-state index in [4.69, 9.17) is 16.3 Å². The average Bonchev–Trinajstić information content (AvgIpc) is 2.80. The first-order valence-corrected chi connectivity index (χ1v) is 9.05. The molecule has 1 aliphatic rings. The second-order valence-corrected chi connectivity index (χ2v) is 7.95. The normalized spacial score (nSPS) is 20.7. The van der Waals surface area contributed by atoms with Crippen molar-refractivity contribution in [3.8, 4) is 0 Å². The Hall–Kier alpha value is -1.67.